The van der Waals surface area contributed by atoms with Crippen molar-refractivity contribution in [2.24, 2.45) is 0 Å². The van der Waals surface area contributed by atoms with Gasteiger partial charge < -0.3 is 15.3 Å². The van der Waals surface area contributed by atoms with E-state index < -0.39 is 16.5 Å². The fourth-order valence-electron chi connectivity index (χ4n) is 2.78. The molecule has 0 unspecified atom stereocenters. The number of carbonyl (C=O) groups excluding carboxylic acids is 1. The Labute approximate surface area is 157 Å². The van der Waals surface area contributed by atoms with E-state index in [2.05, 4.69) is 31.2 Å². The van der Waals surface area contributed by atoms with E-state index in [4.69, 9.17) is 0 Å². The topological polar surface area (TPSA) is 94.8 Å². The van der Waals surface area contributed by atoms with Gasteiger partial charge in [0.1, 0.15) is 0 Å². The lowest BCUT2D eigenvalue weighted by Crippen LogP contribution is -2.39. The molecular formula is C19H18BrN3O3. The van der Waals surface area contributed by atoms with E-state index in [-0.39, 0.29) is 12.5 Å². The predicted molar refractivity (Wildman–Crippen MR) is 104 cm³/mol. The molecule has 3 rings (SSSR count). The van der Waals surface area contributed by atoms with Gasteiger partial charge in [-0.3, -0.25) is 14.4 Å². The molecule has 0 saturated carbocycles. The summed E-state index contributed by atoms with van der Waals surface area (Å²) in [4.78, 5) is 41.0. The van der Waals surface area contributed by atoms with Crippen LogP contribution >= 0.6 is 15.9 Å². The highest BCUT2D eigenvalue weighted by atomic mass is 79.9. The quantitative estimate of drug-likeness (QED) is 0.571. The van der Waals surface area contributed by atoms with Crippen LogP contribution in [0.5, 0.6) is 0 Å². The van der Waals surface area contributed by atoms with Crippen LogP contribution < -0.4 is 16.4 Å². The Balaban J connectivity index is 1.90. The van der Waals surface area contributed by atoms with Gasteiger partial charge in [0.25, 0.3) is 0 Å². The first-order chi connectivity index (χ1) is 12.3. The number of hydrogen-bond acceptors (Lipinski definition) is 3. The summed E-state index contributed by atoms with van der Waals surface area (Å²) in [6.45, 7) is 3.93. The van der Waals surface area contributed by atoms with E-state index >= 15 is 0 Å². The first-order valence-electron chi connectivity index (χ1n) is 8.07. The molecule has 134 valence electrons. The summed E-state index contributed by atoms with van der Waals surface area (Å²) in [5, 5.41) is 2.92. The number of fused-ring (bicyclic) bond motifs is 1. The largest absolute Gasteiger partial charge is 0.351 e. The van der Waals surface area contributed by atoms with Crippen LogP contribution in [0.4, 0.5) is 0 Å². The van der Waals surface area contributed by atoms with Crippen molar-refractivity contribution < 1.29 is 4.79 Å². The van der Waals surface area contributed by atoms with E-state index in [1.807, 2.05) is 44.2 Å². The van der Waals surface area contributed by atoms with Crippen LogP contribution in [-0.4, -0.2) is 15.9 Å². The van der Waals surface area contributed by atoms with Crippen LogP contribution in [0, 0.1) is 0 Å². The second kappa shape index (κ2) is 6.92. The fourth-order valence-corrected chi connectivity index (χ4v) is 3.29. The minimum atomic E-state index is -0.725. The molecule has 1 aromatic heterocycles. The molecule has 2 aromatic carbocycles. The molecule has 26 heavy (non-hydrogen) atoms. The third kappa shape index (κ3) is 3.48. The summed E-state index contributed by atoms with van der Waals surface area (Å²) in [6, 6.07) is 13.0. The third-order valence-corrected chi connectivity index (χ3v) is 4.84. The molecular weight excluding hydrogens is 398 g/mol. The minimum absolute atomic E-state index is 0.136. The SMILES string of the molecule is CC(C)(C(=O)NCc1cc(Br)cc2[nH]c(=O)c(=O)[nH]c12)c1ccccc1. The number of carbonyl (C=O) groups is 1. The number of aromatic nitrogens is 2. The van der Waals surface area contributed by atoms with Crippen molar-refractivity contribution in [2.45, 2.75) is 25.8 Å². The van der Waals surface area contributed by atoms with Gasteiger partial charge in [0.15, 0.2) is 0 Å². The Morgan fingerprint density at radius 3 is 2.42 bits per heavy atom. The van der Waals surface area contributed by atoms with E-state index in [9.17, 15) is 14.4 Å². The lowest BCUT2D eigenvalue weighted by atomic mass is 9.83. The molecule has 3 aromatic rings. The molecule has 0 saturated heterocycles. The number of aromatic amines is 2. The van der Waals surface area contributed by atoms with Gasteiger partial charge in [0.2, 0.25) is 5.91 Å². The van der Waals surface area contributed by atoms with E-state index in [1.54, 1.807) is 12.1 Å². The van der Waals surface area contributed by atoms with Crippen molar-refractivity contribution in [3.63, 3.8) is 0 Å². The van der Waals surface area contributed by atoms with Crippen molar-refractivity contribution in [1.82, 2.24) is 15.3 Å². The maximum atomic E-state index is 12.7. The van der Waals surface area contributed by atoms with Crippen molar-refractivity contribution in [3.05, 3.63) is 78.8 Å². The molecule has 7 heteroatoms. The number of hydrogen-bond donors (Lipinski definition) is 3. The molecule has 0 fully saturated rings. The average molecular weight is 416 g/mol. The first kappa shape index (κ1) is 18.1. The van der Waals surface area contributed by atoms with Crippen LogP contribution in [0.15, 0.2) is 56.5 Å². The zero-order valence-electron chi connectivity index (χ0n) is 14.4. The van der Waals surface area contributed by atoms with Gasteiger partial charge in [-0.15, -0.1) is 0 Å². The Hall–Kier alpha value is -2.67. The highest BCUT2D eigenvalue weighted by Crippen LogP contribution is 2.24. The van der Waals surface area contributed by atoms with Crippen LogP contribution in [0.1, 0.15) is 25.0 Å². The number of nitrogens with one attached hydrogen (secondary N) is 3. The highest BCUT2D eigenvalue weighted by Gasteiger charge is 2.29. The number of benzene rings is 2. The first-order valence-corrected chi connectivity index (χ1v) is 8.87. The number of amides is 1. The second-order valence-electron chi connectivity index (χ2n) is 6.57. The number of rotatable bonds is 4. The Kier molecular flexibility index (Phi) is 4.82. The zero-order chi connectivity index (χ0) is 18.9. The van der Waals surface area contributed by atoms with Crippen molar-refractivity contribution in [1.29, 1.82) is 0 Å². The van der Waals surface area contributed by atoms with Crippen molar-refractivity contribution in [2.75, 3.05) is 0 Å². The molecule has 3 N–H and O–H groups in total. The Morgan fingerprint density at radius 2 is 1.73 bits per heavy atom. The summed E-state index contributed by atoms with van der Waals surface area (Å²) in [6.07, 6.45) is 0. The molecule has 6 nitrogen and oxygen atoms in total. The second-order valence-corrected chi connectivity index (χ2v) is 7.49. The molecule has 0 bridgehead atoms. The third-order valence-electron chi connectivity index (χ3n) is 4.38. The van der Waals surface area contributed by atoms with Gasteiger partial charge in [-0.2, -0.15) is 0 Å². The predicted octanol–water partition coefficient (Wildman–Crippen LogP) is 2.57. The summed E-state index contributed by atoms with van der Waals surface area (Å²) >= 11 is 3.38. The number of halogens is 1. The lowest BCUT2D eigenvalue weighted by molar-refractivity contribution is -0.125. The van der Waals surface area contributed by atoms with Gasteiger partial charge >= 0.3 is 11.1 Å². The minimum Gasteiger partial charge on any atom is -0.351 e. The van der Waals surface area contributed by atoms with Gasteiger partial charge in [-0.25, -0.2) is 0 Å². The van der Waals surface area contributed by atoms with E-state index in [1.165, 1.54) is 0 Å². The zero-order valence-corrected chi connectivity index (χ0v) is 15.9. The van der Waals surface area contributed by atoms with Gasteiger partial charge in [0, 0.05) is 11.0 Å². The van der Waals surface area contributed by atoms with Crippen LogP contribution in [0.25, 0.3) is 11.0 Å². The molecule has 0 atom stereocenters. The van der Waals surface area contributed by atoms with Crippen LogP contribution in [0.3, 0.4) is 0 Å². The van der Waals surface area contributed by atoms with Crippen molar-refractivity contribution >= 4 is 32.9 Å². The molecule has 0 aliphatic heterocycles. The monoisotopic (exact) mass is 415 g/mol. The van der Waals surface area contributed by atoms with Gasteiger partial charge in [-0.05, 0) is 37.1 Å². The Bertz CT molecular complexity index is 1080. The lowest BCUT2D eigenvalue weighted by Gasteiger charge is -2.24. The van der Waals surface area contributed by atoms with Gasteiger partial charge in [-0.1, -0.05) is 46.3 Å². The summed E-state index contributed by atoms with van der Waals surface area (Å²) in [5.41, 5.74) is 0.457. The van der Waals surface area contributed by atoms with Crippen LogP contribution in [0.2, 0.25) is 0 Å². The van der Waals surface area contributed by atoms with Gasteiger partial charge in [0.05, 0.1) is 16.4 Å². The molecule has 1 heterocycles. The van der Waals surface area contributed by atoms with E-state index in [0.29, 0.717) is 16.6 Å². The number of H-pyrrole nitrogens is 2. The Morgan fingerprint density at radius 1 is 1.08 bits per heavy atom. The summed E-state index contributed by atoms with van der Waals surface area (Å²) in [5.74, 6) is -0.136. The highest BCUT2D eigenvalue weighted by molar-refractivity contribution is 9.10. The summed E-state index contributed by atoms with van der Waals surface area (Å²) in [7, 11) is 0. The smallest absolute Gasteiger partial charge is 0.314 e. The molecule has 0 aliphatic carbocycles. The standard InChI is InChI=1S/C19H18BrN3O3/c1-19(2,12-6-4-3-5-7-12)18(26)21-10-11-8-13(20)9-14-15(11)23-17(25)16(24)22-14/h3-9H,10H2,1-2H3,(H,21,26)(H,22,24)(H,23,25). The molecule has 0 aliphatic rings. The fraction of sp³-hybridized carbons (Fsp3) is 0.211. The van der Waals surface area contributed by atoms with Crippen molar-refractivity contribution in [3.8, 4) is 0 Å². The average Bonchev–Trinajstić information content (AvgIpc) is 2.61. The maximum absolute atomic E-state index is 12.7. The van der Waals surface area contributed by atoms with E-state index in [0.717, 1.165) is 10.0 Å². The molecule has 1 amide bonds. The molecule has 0 radical (unpaired) electrons. The molecule has 0 spiro atoms. The summed E-state index contributed by atoms with van der Waals surface area (Å²) < 4.78 is 0.735. The van der Waals surface area contributed by atoms with Crippen LogP contribution in [-0.2, 0) is 16.8 Å². The maximum Gasteiger partial charge on any atom is 0.314 e. The normalized spacial score (nSPS) is 11.5.